The van der Waals surface area contributed by atoms with Gasteiger partial charge >= 0.3 is 50.5 Å². The van der Waals surface area contributed by atoms with Crippen LogP contribution in [0.1, 0.15) is 68.7 Å². The summed E-state index contributed by atoms with van der Waals surface area (Å²) in [5.41, 5.74) is 4.21. The van der Waals surface area contributed by atoms with Gasteiger partial charge < -0.3 is 9.84 Å². The third kappa shape index (κ3) is 6.03. The number of fused-ring (bicyclic) bond motifs is 1. The van der Waals surface area contributed by atoms with Gasteiger partial charge in [0.2, 0.25) is 0 Å². The Morgan fingerprint density at radius 1 is 1.17 bits per heavy atom. The average Bonchev–Trinajstić information content (AvgIpc) is 2.51. The van der Waals surface area contributed by atoms with Crippen LogP contribution in [0.2, 0.25) is 0 Å². The van der Waals surface area contributed by atoms with Crippen LogP contribution in [-0.2, 0) is 6.42 Å². The first-order valence-corrected chi connectivity index (χ1v) is 21.1. The molecule has 5 heteroatoms. The number of benzene rings is 1. The minimum atomic E-state index is -0.0531. The van der Waals surface area contributed by atoms with E-state index in [0.29, 0.717) is 19.0 Å². The fourth-order valence-corrected chi connectivity index (χ4v) is 3.36. The summed E-state index contributed by atoms with van der Waals surface area (Å²) in [5.74, 6) is 2.23. The zero-order valence-electron chi connectivity index (χ0n) is 15.6. The molecule has 1 aromatic carbocycles. The van der Waals surface area contributed by atoms with Gasteiger partial charge in [0.25, 0.3) is 0 Å². The molecule has 2 nitrogen and oxygen atoms in total. The Bertz CT molecular complexity index is 558. The first-order valence-electron chi connectivity index (χ1n) is 8.54. The molecular formula is C19H30I3O2-. The Balaban J connectivity index is 0.000000891. The fourth-order valence-electron chi connectivity index (χ4n) is 3.36. The van der Waals surface area contributed by atoms with Gasteiger partial charge in [0.15, 0.2) is 0 Å². The number of rotatable bonds is 4. The van der Waals surface area contributed by atoms with E-state index in [2.05, 4.69) is 64.9 Å². The number of ether oxygens (including phenoxy) is 1. The minimum absolute atomic E-state index is 0.0531. The topological polar surface area (TPSA) is 29.5 Å². The predicted molar refractivity (Wildman–Crippen MR) is 116 cm³/mol. The molecule has 1 unspecified atom stereocenters. The molecule has 24 heavy (non-hydrogen) atoms. The van der Waals surface area contributed by atoms with Crippen molar-refractivity contribution in [3.8, 4) is 11.5 Å². The van der Waals surface area contributed by atoms with Crippen molar-refractivity contribution < 1.29 is 23.1 Å². The third-order valence-corrected chi connectivity index (χ3v) is 5.08. The quantitative estimate of drug-likeness (QED) is 0.491. The van der Waals surface area contributed by atoms with E-state index in [1.165, 1.54) is 18.4 Å². The van der Waals surface area contributed by atoms with Crippen molar-refractivity contribution in [2.75, 3.05) is 0 Å². The van der Waals surface area contributed by atoms with Crippen molar-refractivity contribution in [3.05, 3.63) is 22.3 Å². The molecule has 0 saturated carbocycles. The Labute approximate surface area is 177 Å². The fraction of sp³-hybridized carbons (Fsp3) is 0.684. The van der Waals surface area contributed by atoms with E-state index in [1.54, 1.807) is 0 Å². The molecule has 1 aliphatic rings. The maximum atomic E-state index is 10.2. The summed E-state index contributed by atoms with van der Waals surface area (Å²) in [6.45, 7) is 12.8. The first-order chi connectivity index (χ1) is 11.2. The van der Waals surface area contributed by atoms with Crippen LogP contribution in [0.25, 0.3) is 0 Å². The zero-order valence-corrected chi connectivity index (χ0v) is 22.1. The molecule has 1 aromatic rings. The van der Waals surface area contributed by atoms with Crippen LogP contribution in [0.3, 0.4) is 0 Å². The molecule has 0 aromatic heterocycles. The molecule has 0 spiro atoms. The summed E-state index contributed by atoms with van der Waals surface area (Å²) in [5, 5.41) is 10.2. The number of halogens is 3. The molecular weight excluding hydrogens is 641 g/mol. The molecule has 140 valence electrons. The van der Waals surface area contributed by atoms with Crippen LogP contribution in [0.15, 0.2) is 0 Å². The molecule has 0 fully saturated rings. The molecule has 1 N–H and O–H groups in total. The van der Waals surface area contributed by atoms with Crippen LogP contribution in [0, 0.1) is 26.7 Å². The van der Waals surface area contributed by atoms with Gasteiger partial charge in [0.05, 0.1) is 0 Å². The summed E-state index contributed by atoms with van der Waals surface area (Å²) in [7, 11) is 0. The molecule has 0 aliphatic carbocycles. The summed E-state index contributed by atoms with van der Waals surface area (Å²) in [4.78, 5) is 0. The van der Waals surface area contributed by atoms with E-state index in [1.807, 2.05) is 13.8 Å². The Morgan fingerprint density at radius 3 is 2.29 bits per heavy atom. The summed E-state index contributed by atoms with van der Waals surface area (Å²) in [6, 6.07) is 0. The molecule has 0 radical (unpaired) electrons. The maximum absolute atomic E-state index is 10.2. The summed E-state index contributed by atoms with van der Waals surface area (Å²) >= 11 is 5.30. The van der Waals surface area contributed by atoms with Gasteiger partial charge in [-0.25, -0.2) is 0 Å². The van der Waals surface area contributed by atoms with Gasteiger partial charge in [-0.05, 0) is 76.0 Å². The second kappa shape index (κ2) is 10.4. The molecule has 1 aliphatic heterocycles. The van der Waals surface area contributed by atoms with Crippen LogP contribution < -0.4 is 18.0 Å². The zero-order chi connectivity index (χ0) is 18.5. The van der Waals surface area contributed by atoms with Crippen LogP contribution >= 0.6 is 37.2 Å². The standard InChI is InChI=1S/C19H30O2.I3/c1-12(2)8-7-10-19(6)11-9-16-15(5)17(20)13(3)14(4)18(16)21-19;1-3-2/h12,20H,7-11H2,1-6H3;/q;-1. The van der Waals surface area contributed by atoms with Crippen LogP contribution in [-0.4, -0.2) is 10.7 Å². The molecule has 0 amide bonds. The van der Waals surface area contributed by atoms with Crippen molar-refractivity contribution in [2.24, 2.45) is 5.92 Å². The van der Waals surface area contributed by atoms with E-state index in [-0.39, 0.29) is 5.60 Å². The van der Waals surface area contributed by atoms with Crippen molar-refractivity contribution in [3.63, 3.8) is 0 Å². The first kappa shape index (κ1) is 23.0. The normalized spacial score (nSPS) is 19.5. The van der Waals surface area contributed by atoms with E-state index < -0.39 is 0 Å². The predicted octanol–water partition coefficient (Wildman–Crippen LogP) is 4.00. The van der Waals surface area contributed by atoms with Crippen molar-refractivity contribution in [2.45, 2.75) is 79.2 Å². The van der Waals surface area contributed by atoms with Crippen LogP contribution in [0.4, 0.5) is 0 Å². The van der Waals surface area contributed by atoms with Gasteiger partial charge in [0, 0.05) is 5.56 Å². The number of hydrogen-bond donors (Lipinski definition) is 1. The van der Waals surface area contributed by atoms with E-state index in [9.17, 15) is 5.11 Å². The third-order valence-electron chi connectivity index (χ3n) is 5.08. The van der Waals surface area contributed by atoms with E-state index >= 15 is 0 Å². The molecule has 1 atom stereocenters. The van der Waals surface area contributed by atoms with Gasteiger partial charge in [-0.15, -0.1) is 0 Å². The van der Waals surface area contributed by atoms with Crippen molar-refractivity contribution >= 4 is 37.2 Å². The monoisotopic (exact) mass is 671 g/mol. The molecule has 0 saturated heterocycles. The van der Waals surface area contributed by atoms with Gasteiger partial charge in [-0.3, -0.25) is 0 Å². The van der Waals surface area contributed by atoms with Gasteiger partial charge in [0.1, 0.15) is 17.1 Å². The van der Waals surface area contributed by atoms with E-state index in [4.69, 9.17) is 4.74 Å². The van der Waals surface area contributed by atoms with Gasteiger partial charge in [-0.1, -0.05) is 20.3 Å². The summed E-state index contributed by atoms with van der Waals surface area (Å²) in [6.07, 6.45) is 5.65. The molecule has 1 heterocycles. The van der Waals surface area contributed by atoms with Crippen molar-refractivity contribution in [1.29, 1.82) is 0 Å². The Morgan fingerprint density at radius 2 is 1.75 bits per heavy atom. The number of hydrogen-bond acceptors (Lipinski definition) is 2. The van der Waals surface area contributed by atoms with Crippen LogP contribution in [0.5, 0.6) is 11.5 Å². The van der Waals surface area contributed by atoms with Crippen molar-refractivity contribution in [1.82, 2.24) is 0 Å². The number of phenols is 1. The average molecular weight is 671 g/mol. The SMILES string of the molecule is Cc1c(C)c2c(c(C)c1O)CCC(C)(CCCC(C)C)O2.I[I-]I. The van der Waals surface area contributed by atoms with Gasteiger partial charge in [-0.2, -0.15) is 0 Å². The second-order valence-electron chi connectivity index (χ2n) is 7.42. The summed E-state index contributed by atoms with van der Waals surface area (Å²) < 4.78 is 6.44. The number of phenolic OH excluding ortho intramolecular Hbond substituents is 1. The number of aromatic hydroxyl groups is 1. The second-order valence-corrected chi connectivity index (χ2v) is 23.7. The van der Waals surface area contributed by atoms with E-state index in [0.717, 1.165) is 47.6 Å². The molecule has 0 bridgehead atoms. The Hall–Kier alpha value is 1.01. The molecule has 2 rings (SSSR count). The Kier molecular flexibility index (Phi) is 9.96.